The van der Waals surface area contributed by atoms with Gasteiger partial charge in [0.25, 0.3) is 0 Å². The largest absolute Gasteiger partial charge is 0.457 e. The predicted molar refractivity (Wildman–Crippen MR) is 131 cm³/mol. The van der Waals surface area contributed by atoms with Crippen molar-refractivity contribution in [1.82, 2.24) is 0 Å². The van der Waals surface area contributed by atoms with Gasteiger partial charge in [0.05, 0.1) is 12.8 Å². The Bertz CT molecular complexity index is 944. The SMILES string of the molecule is C=C/C(=C\CC)C(=O)C=NCc1ccc(Oc2ccc(C=NCC(C)(C)C)cc2)cc1. The zero-order valence-corrected chi connectivity index (χ0v) is 19.0. The Morgan fingerprint density at radius 1 is 1.00 bits per heavy atom. The van der Waals surface area contributed by atoms with E-state index >= 15 is 0 Å². The van der Waals surface area contributed by atoms with Gasteiger partial charge in [-0.25, -0.2) is 0 Å². The second-order valence-electron chi connectivity index (χ2n) is 8.45. The molecular formula is C27H32N2O2. The van der Waals surface area contributed by atoms with E-state index in [1.807, 2.05) is 67.7 Å². The molecule has 4 heteroatoms. The maximum Gasteiger partial charge on any atom is 0.203 e. The summed E-state index contributed by atoms with van der Waals surface area (Å²) >= 11 is 0. The summed E-state index contributed by atoms with van der Waals surface area (Å²) in [6.07, 6.45) is 7.45. The van der Waals surface area contributed by atoms with Crippen LogP contribution in [0.1, 0.15) is 45.2 Å². The smallest absolute Gasteiger partial charge is 0.203 e. The fourth-order valence-electron chi connectivity index (χ4n) is 2.66. The molecule has 4 nitrogen and oxygen atoms in total. The number of rotatable bonds is 10. The van der Waals surface area contributed by atoms with Gasteiger partial charge in [0.15, 0.2) is 0 Å². The van der Waals surface area contributed by atoms with Crippen LogP contribution in [0, 0.1) is 5.41 Å². The molecule has 0 aliphatic carbocycles. The minimum absolute atomic E-state index is 0.122. The van der Waals surface area contributed by atoms with E-state index in [1.54, 1.807) is 6.08 Å². The summed E-state index contributed by atoms with van der Waals surface area (Å²) in [6.45, 7) is 13.4. The van der Waals surface area contributed by atoms with Crippen LogP contribution in [0.5, 0.6) is 11.5 Å². The highest BCUT2D eigenvalue weighted by atomic mass is 16.5. The van der Waals surface area contributed by atoms with Gasteiger partial charge in [-0.05, 0) is 59.4 Å². The van der Waals surface area contributed by atoms with Gasteiger partial charge in [0, 0.05) is 18.3 Å². The van der Waals surface area contributed by atoms with Crippen molar-refractivity contribution in [3.05, 3.63) is 84.0 Å². The molecule has 0 aliphatic heterocycles. The first kappa shape index (κ1) is 24.0. The first-order valence-corrected chi connectivity index (χ1v) is 10.5. The number of hydrogen-bond acceptors (Lipinski definition) is 4. The number of hydrogen-bond donors (Lipinski definition) is 0. The van der Waals surface area contributed by atoms with Gasteiger partial charge < -0.3 is 4.74 Å². The molecule has 0 amide bonds. The molecule has 0 fully saturated rings. The van der Waals surface area contributed by atoms with Crippen LogP contribution in [0.25, 0.3) is 0 Å². The fraction of sp³-hybridized carbons (Fsp3) is 0.296. The van der Waals surface area contributed by atoms with Crippen LogP contribution in [0.15, 0.2) is 82.8 Å². The monoisotopic (exact) mass is 416 g/mol. The highest BCUT2D eigenvalue weighted by Gasteiger charge is 2.07. The minimum Gasteiger partial charge on any atom is -0.457 e. The van der Waals surface area contributed by atoms with Gasteiger partial charge >= 0.3 is 0 Å². The molecule has 0 heterocycles. The van der Waals surface area contributed by atoms with Crippen molar-refractivity contribution in [3.63, 3.8) is 0 Å². The van der Waals surface area contributed by atoms with Crippen molar-refractivity contribution in [3.8, 4) is 11.5 Å². The predicted octanol–water partition coefficient (Wildman–Crippen LogP) is 6.61. The van der Waals surface area contributed by atoms with Crippen LogP contribution in [0.4, 0.5) is 0 Å². The number of aliphatic imine (C=N–C) groups is 2. The number of carbonyl (C=O) groups is 1. The number of ketones is 1. The molecule has 2 rings (SSSR count). The fourth-order valence-corrected chi connectivity index (χ4v) is 2.66. The van der Waals surface area contributed by atoms with Crippen LogP contribution in [-0.4, -0.2) is 24.8 Å². The molecule has 0 bridgehead atoms. The second-order valence-corrected chi connectivity index (χ2v) is 8.45. The topological polar surface area (TPSA) is 51.0 Å². The Morgan fingerprint density at radius 3 is 2.16 bits per heavy atom. The zero-order chi connectivity index (χ0) is 22.7. The lowest BCUT2D eigenvalue weighted by Gasteiger charge is -2.13. The van der Waals surface area contributed by atoms with Crippen molar-refractivity contribution in [1.29, 1.82) is 0 Å². The Balaban J connectivity index is 1.89. The summed E-state index contributed by atoms with van der Waals surface area (Å²) in [7, 11) is 0. The lowest BCUT2D eigenvalue weighted by atomic mass is 9.97. The number of ether oxygens (including phenoxy) is 1. The third-order valence-electron chi connectivity index (χ3n) is 4.26. The molecule has 0 saturated carbocycles. The molecule has 0 radical (unpaired) electrons. The summed E-state index contributed by atoms with van der Waals surface area (Å²) in [4.78, 5) is 20.7. The molecule has 0 atom stereocenters. The Morgan fingerprint density at radius 2 is 1.61 bits per heavy atom. The van der Waals surface area contributed by atoms with Crippen LogP contribution >= 0.6 is 0 Å². The lowest BCUT2D eigenvalue weighted by molar-refractivity contribution is -0.109. The van der Waals surface area contributed by atoms with Crippen molar-refractivity contribution in [2.24, 2.45) is 15.4 Å². The summed E-state index contributed by atoms with van der Waals surface area (Å²) < 4.78 is 5.91. The average Bonchev–Trinajstić information content (AvgIpc) is 2.73. The number of nitrogens with zero attached hydrogens (tertiary/aromatic N) is 2. The number of Topliss-reactive ketones (excluding diaryl/α,β-unsaturated/α-hetero) is 1. The molecule has 0 spiro atoms. The molecule has 162 valence electrons. The molecule has 2 aromatic carbocycles. The van der Waals surface area contributed by atoms with E-state index in [0.717, 1.165) is 35.6 Å². The highest BCUT2D eigenvalue weighted by molar-refractivity contribution is 6.36. The van der Waals surface area contributed by atoms with Crippen molar-refractivity contribution in [2.45, 2.75) is 40.7 Å². The summed E-state index contributed by atoms with van der Waals surface area (Å²) in [5, 5.41) is 0. The number of carbonyl (C=O) groups excluding carboxylic acids is 1. The Kier molecular flexibility index (Phi) is 9.13. The first-order valence-electron chi connectivity index (χ1n) is 10.5. The standard InChI is InChI=1S/C27H32N2O2/c1-6-8-23(7-2)26(30)19-28-17-21-9-13-24(14-10-21)31-25-15-11-22(12-16-25)18-29-20-27(3,4)5/h7-16,18-19H,2,6,17,20H2,1,3-5H3/b23-8+,28-19?,29-18?. The highest BCUT2D eigenvalue weighted by Crippen LogP contribution is 2.22. The van der Waals surface area contributed by atoms with Gasteiger partial charge in [-0.2, -0.15) is 0 Å². The molecule has 0 aliphatic rings. The average molecular weight is 417 g/mol. The van der Waals surface area contributed by atoms with E-state index in [0.29, 0.717) is 12.1 Å². The molecule has 0 unspecified atom stereocenters. The van der Waals surface area contributed by atoms with Crippen molar-refractivity contribution < 1.29 is 9.53 Å². The van der Waals surface area contributed by atoms with E-state index in [-0.39, 0.29) is 11.2 Å². The van der Waals surface area contributed by atoms with E-state index in [2.05, 4.69) is 37.3 Å². The van der Waals surface area contributed by atoms with Gasteiger partial charge in [-0.3, -0.25) is 14.8 Å². The van der Waals surface area contributed by atoms with Gasteiger partial charge in [-0.15, -0.1) is 0 Å². The minimum atomic E-state index is -0.122. The summed E-state index contributed by atoms with van der Waals surface area (Å²) in [5.74, 6) is 1.39. The Hall–Kier alpha value is -3.27. The van der Waals surface area contributed by atoms with Crippen LogP contribution in [0.3, 0.4) is 0 Å². The van der Waals surface area contributed by atoms with Crippen LogP contribution in [0.2, 0.25) is 0 Å². The Labute approximate surface area is 186 Å². The van der Waals surface area contributed by atoms with E-state index in [4.69, 9.17) is 4.74 Å². The molecule has 0 N–H and O–H groups in total. The maximum atomic E-state index is 12.0. The molecule has 0 saturated heterocycles. The van der Waals surface area contributed by atoms with Gasteiger partial charge in [-0.1, -0.05) is 58.6 Å². The molecular weight excluding hydrogens is 384 g/mol. The quantitative estimate of drug-likeness (QED) is 0.249. The third kappa shape index (κ3) is 8.95. The zero-order valence-electron chi connectivity index (χ0n) is 19.0. The number of benzene rings is 2. The molecule has 31 heavy (non-hydrogen) atoms. The normalized spacial score (nSPS) is 12.5. The summed E-state index contributed by atoms with van der Waals surface area (Å²) in [6, 6.07) is 15.5. The van der Waals surface area contributed by atoms with Crippen molar-refractivity contribution >= 4 is 18.2 Å². The third-order valence-corrected chi connectivity index (χ3v) is 4.26. The van der Waals surface area contributed by atoms with Crippen molar-refractivity contribution in [2.75, 3.05) is 6.54 Å². The number of allylic oxidation sites excluding steroid dienone is 3. The second kappa shape index (κ2) is 11.8. The first-order chi connectivity index (χ1) is 14.8. The molecule has 0 aromatic heterocycles. The van der Waals surface area contributed by atoms with Gasteiger partial charge in [0.2, 0.25) is 5.78 Å². The molecule has 2 aromatic rings. The van der Waals surface area contributed by atoms with Crippen LogP contribution in [-0.2, 0) is 11.3 Å². The van der Waals surface area contributed by atoms with E-state index < -0.39 is 0 Å². The van der Waals surface area contributed by atoms with E-state index in [9.17, 15) is 4.79 Å². The summed E-state index contributed by atoms with van der Waals surface area (Å²) in [5.41, 5.74) is 2.82. The lowest BCUT2D eigenvalue weighted by Crippen LogP contribution is -2.09. The van der Waals surface area contributed by atoms with Crippen LogP contribution < -0.4 is 4.74 Å². The maximum absolute atomic E-state index is 12.0. The van der Waals surface area contributed by atoms with E-state index in [1.165, 1.54) is 6.21 Å². The van der Waals surface area contributed by atoms with Gasteiger partial charge in [0.1, 0.15) is 11.5 Å².